The van der Waals surface area contributed by atoms with Crippen LogP contribution in [0.2, 0.25) is 0 Å². The first-order chi connectivity index (χ1) is 14.9. The number of benzene rings is 2. The first-order valence-electron chi connectivity index (χ1n) is 9.68. The Labute approximate surface area is 185 Å². The van der Waals surface area contributed by atoms with Crippen molar-refractivity contribution in [2.45, 2.75) is 25.4 Å². The van der Waals surface area contributed by atoms with Gasteiger partial charge in [-0.15, -0.1) is 10.2 Å². The molecule has 0 saturated heterocycles. The van der Waals surface area contributed by atoms with Gasteiger partial charge in [0.15, 0.2) is 5.16 Å². The predicted octanol–water partition coefficient (Wildman–Crippen LogP) is 3.35. The summed E-state index contributed by atoms with van der Waals surface area (Å²) in [6.45, 7) is 3.98. The van der Waals surface area contributed by atoms with E-state index in [1.165, 1.54) is 11.8 Å². The molecule has 0 fully saturated rings. The number of rotatable bonds is 8. The zero-order valence-corrected chi connectivity index (χ0v) is 18.7. The van der Waals surface area contributed by atoms with Gasteiger partial charge in [0, 0.05) is 18.4 Å². The van der Waals surface area contributed by atoms with Crippen molar-refractivity contribution in [3.05, 3.63) is 59.4 Å². The van der Waals surface area contributed by atoms with Crippen molar-refractivity contribution in [1.29, 1.82) is 0 Å². The van der Waals surface area contributed by atoms with Crippen molar-refractivity contribution >= 4 is 35.0 Å². The van der Waals surface area contributed by atoms with E-state index in [4.69, 9.17) is 4.74 Å². The van der Waals surface area contributed by atoms with E-state index >= 15 is 0 Å². The second-order valence-electron chi connectivity index (χ2n) is 7.00. The van der Waals surface area contributed by atoms with Crippen LogP contribution in [0.25, 0.3) is 0 Å². The quantitative estimate of drug-likeness (QED) is 0.523. The standard InChI is InChI=1S/C22H25N5O3S/c1-14-6-5-7-18(15(14)2)24-21(29)13-31-22-26-25-19(27(22)3)12-20(28)23-16-8-10-17(30-4)11-9-16/h5-11H,12-13H2,1-4H3,(H,23,28)(H,24,29). The molecule has 0 unspecified atom stereocenters. The van der Waals surface area contributed by atoms with E-state index in [2.05, 4.69) is 20.8 Å². The molecular weight excluding hydrogens is 414 g/mol. The Morgan fingerprint density at radius 1 is 1.03 bits per heavy atom. The lowest BCUT2D eigenvalue weighted by atomic mass is 10.1. The summed E-state index contributed by atoms with van der Waals surface area (Å²) in [5.74, 6) is 1.10. The number of anilines is 2. The number of aromatic nitrogens is 3. The normalized spacial score (nSPS) is 10.6. The van der Waals surface area contributed by atoms with E-state index in [-0.39, 0.29) is 24.0 Å². The third-order valence-electron chi connectivity index (χ3n) is 4.83. The molecule has 8 nitrogen and oxygen atoms in total. The average Bonchev–Trinajstić information content (AvgIpc) is 3.09. The SMILES string of the molecule is COc1ccc(NC(=O)Cc2nnc(SCC(=O)Nc3cccc(C)c3C)n2C)cc1. The minimum absolute atomic E-state index is 0.0742. The molecule has 0 radical (unpaired) electrons. The Balaban J connectivity index is 1.53. The highest BCUT2D eigenvalue weighted by Crippen LogP contribution is 2.20. The number of hydrogen-bond acceptors (Lipinski definition) is 6. The van der Waals surface area contributed by atoms with E-state index < -0.39 is 0 Å². The third kappa shape index (κ3) is 5.85. The number of nitrogens with one attached hydrogen (secondary N) is 2. The molecule has 1 aromatic heterocycles. The van der Waals surface area contributed by atoms with Gasteiger partial charge in [0.25, 0.3) is 0 Å². The van der Waals surface area contributed by atoms with Crippen molar-refractivity contribution in [3.63, 3.8) is 0 Å². The van der Waals surface area contributed by atoms with E-state index in [9.17, 15) is 9.59 Å². The summed E-state index contributed by atoms with van der Waals surface area (Å²) < 4.78 is 6.83. The summed E-state index contributed by atoms with van der Waals surface area (Å²) in [7, 11) is 3.37. The molecule has 31 heavy (non-hydrogen) atoms. The van der Waals surface area contributed by atoms with Crippen molar-refractivity contribution in [1.82, 2.24) is 14.8 Å². The molecule has 3 rings (SSSR count). The number of ether oxygens (including phenoxy) is 1. The van der Waals surface area contributed by atoms with Crippen LogP contribution in [-0.2, 0) is 23.1 Å². The van der Waals surface area contributed by atoms with E-state index in [0.29, 0.717) is 16.7 Å². The number of methoxy groups -OCH3 is 1. The van der Waals surface area contributed by atoms with Crippen molar-refractivity contribution in [3.8, 4) is 5.75 Å². The lowest BCUT2D eigenvalue weighted by molar-refractivity contribution is -0.116. The van der Waals surface area contributed by atoms with Crippen LogP contribution in [0.3, 0.4) is 0 Å². The first-order valence-corrected chi connectivity index (χ1v) is 10.7. The van der Waals surface area contributed by atoms with Crippen molar-refractivity contribution in [2.75, 3.05) is 23.5 Å². The number of aryl methyl sites for hydroxylation is 1. The second-order valence-corrected chi connectivity index (χ2v) is 7.94. The molecule has 0 saturated carbocycles. The molecule has 2 N–H and O–H groups in total. The topological polar surface area (TPSA) is 98.1 Å². The summed E-state index contributed by atoms with van der Waals surface area (Å²) in [5.41, 5.74) is 3.64. The zero-order chi connectivity index (χ0) is 22.4. The third-order valence-corrected chi connectivity index (χ3v) is 5.85. The smallest absolute Gasteiger partial charge is 0.234 e. The Kier molecular flexibility index (Phi) is 7.30. The molecule has 0 atom stereocenters. The van der Waals surface area contributed by atoms with Crippen molar-refractivity contribution in [2.24, 2.45) is 7.05 Å². The van der Waals surface area contributed by atoms with E-state index in [1.807, 2.05) is 32.0 Å². The Hall–Kier alpha value is -3.33. The molecule has 2 aromatic carbocycles. The van der Waals surface area contributed by atoms with Gasteiger partial charge >= 0.3 is 0 Å². The summed E-state index contributed by atoms with van der Waals surface area (Å²) in [6, 6.07) is 12.9. The lowest BCUT2D eigenvalue weighted by Crippen LogP contribution is -2.17. The van der Waals surface area contributed by atoms with Crippen molar-refractivity contribution < 1.29 is 14.3 Å². The van der Waals surface area contributed by atoms with Crippen LogP contribution in [0.4, 0.5) is 11.4 Å². The number of hydrogen-bond donors (Lipinski definition) is 2. The van der Waals surface area contributed by atoms with Crippen LogP contribution in [0.1, 0.15) is 17.0 Å². The van der Waals surface area contributed by atoms with Crippen LogP contribution < -0.4 is 15.4 Å². The number of thioether (sulfide) groups is 1. The number of amides is 2. The Morgan fingerprint density at radius 3 is 2.48 bits per heavy atom. The molecule has 0 aliphatic heterocycles. The summed E-state index contributed by atoms with van der Waals surface area (Å²) in [5, 5.41) is 14.5. The van der Waals surface area contributed by atoms with Crippen LogP contribution in [-0.4, -0.2) is 39.4 Å². The van der Waals surface area contributed by atoms with Gasteiger partial charge in [-0.05, 0) is 55.3 Å². The highest BCUT2D eigenvalue weighted by atomic mass is 32.2. The maximum atomic E-state index is 12.3. The molecule has 3 aromatic rings. The lowest BCUT2D eigenvalue weighted by Gasteiger charge is -2.10. The molecule has 1 heterocycles. The summed E-state index contributed by atoms with van der Waals surface area (Å²) in [4.78, 5) is 24.7. The van der Waals surface area contributed by atoms with Crippen LogP contribution in [0, 0.1) is 13.8 Å². The van der Waals surface area contributed by atoms with E-state index in [0.717, 1.165) is 22.6 Å². The molecule has 162 valence electrons. The van der Waals surface area contributed by atoms with Crippen LogP contribution in [0.5, 0.6) is 5.75 Å². The fourth-order valence-electron chi connectivity index (χ4n) is 2.85. The minimum atomic E-state index is -0.204. The van der Waals surface area contributed by atoms with Gasteiger partial charge in [-0.3, -0.25) is 9.59 Å². The summed E-state index contributed by atoms with van der Waals surface area (Å²) in [6.07, 6.45) is 0.0742. The monoisotopic (exact) mass is 439 g/mol. The minimum Gasteiger partial charge on any atom is -0.497 e. The Bertz CT molecular complexity index is 1080. The molecular formula is C22H25N5O3S. The van der Waals surface area contributed by atoms with Gasteiger partial charge in [-0.2, -0.15) is 0 Å². The molecule has 9 heteroatoms. The molecule has 0 bridgehead atoms. The van der Waals surface area contributed by atoms with Gasteiger partial charge < -0.3 is 19.9 Å². The fraction of sp³-hybridized carbons (Fsp3) is 0.273. The van der Waals surface area contributed by atoms with Crippen LogP contribution >= 0.6 is 11.8 Å². The first kappa shape index (κ1) is 22.4. The molecule has 0 aliphatic carbocycles. The summed E-state index contributed by atoms with van der Waals surface area (Å²) >= 11 is 1.27. The fourth-order valence-corrected chi connectivity index (χ4v) is 3.58. The van der Waals surface area contributed by atoms with Gasteiger partial charge in [0.05, 0.1) is 19.3 Å². The maximum absolute atomic E-state index is 12.3. The van der Waals surface area contributed by atoms with E-state index in [1.54, 1.807) is 43.0 Å². The Morgan fingerprint density at radius 2 is 1.77 bits per heavy atom. The predicted molar refractivity (Wildman–Crippen MR) is 122 cm³/mol. The van der Waals surface area contributed by atoms with Gasteiger partial charge in [-0.1, -0.05) is 23.9 Å². The molecule has 2 amide bonds. The van der Waals surface area contributed by atoms with Gasteiger partial charge in [0.1, 0.15) is 11.6 Å². The largest absolute Gasteiger partial charge is 0.497 e. The maximum Gasteiger partial charge on any atom is 0.234 e. The number of nitrogens with zero attached hydrogens (tertiary/aromatic N) is 3. The van der Waals surface area contributed by atoms with Gasteiger partial charge in [0.2, 0.25) is 11.8 Å². The van der Waals surface area contributed by atoms with Gasteiger partial charge in [-0.25, -0.2) is 0 Å². The highest BCUT2D eigenvalue weighted by molar-refractivity contribution is 7.99. The molecule has 0 aliphatic rings. The number of carbonyl (C=O) groups is 2. The average molecular weight is 440 g/mol. The number of carbonyl (C=O) groups excluding carboxylic acids is 2. The highest BCUT2D eigenvalue weighted by Gasteiger charge is 2.15. The van der Waals surface area contributed by atoms with Crippen LogP contribution in [0.15, 0.2) is 47.6 Å². The second kappa shape index (κ2) is 10.1. The zero-order valence-electron chi connectivity index (χ0n) is 17.9. The molecule has 0 spiro atoms.